The van der Waals surface area contributed by atoms with Gasteiger partial charge in [-0.15, -0.1) is 0 Å². The van der Waals surface area contributed by atoms with Crippen LogP contribution in [0.1, 0.15) is 24.8 Å². The second-order valence-corrected chi connectivity index (χ2v) is 7.55. The number of rotatable bonds is 6. The molecule has 6 heteroatoms. The lowest BCUT2D eigenvalue weighted by Gasteiger charge is -2.23. The number of imidazole rings is 1. The molecule has 0 bridgehead atoms. The second-order valence-electron chi connectivity index (χ2n) is 7.11. The number of fused-ring (bicyclic) bond motifs is 1. The normalized spacial score (nSPS) is 13.9. The molecule has 27 heavy (non-hydrogen) atoms. The molecule has 1 amide bonds. The van der Waals surface area contributed by atoms with E-state index in [2.05, 4.69) is 0 Å². The number of amides is 1. The first kappa shape index (κ1) is 17.9. The summed E-state index contributed by atoms with van der Waals surface area (Å²) in [6.07, 6.45) is 2.42. The third-order valence-electron chi connectivity index (χ3n) is 5.18. The molecular formula is C21H22ClN3O2. The standard InChI is InChI=1S/C21H22ClN3O2/c1-23-18-4-2-3-5-19(18)24(21(23)27)13-12-20(26)25(17-10-11-17)14-15-6-8-16(22)9-7-15/h2-9,17H,10-14H2,1H3. The Labute approximate surface area is 162 Å². The number of halogens is 1. The van der Waals surface area contributed by atoms with Crippen LogP contribution in [0.5, 0.6) is 0 Å². The zero-order valence-corrected chi connectivity index (χ0v) is 16.0. The van der Waals surface area contributed by atoms with Gasteiger partial charge in [0.05, 0.1) is 11.0 Å². The van der Waals surface area contributed by atoms with Crippen LogP contribution in [-0.2, 0) is 24.9 Å². The molecule has 1 saturated carbocycles. The predicted molar refractivity (Wildman–Crippen MR) is 107 cm³/mol. The van der Waals surface area contributed by atoms with Gasteiger partial charge in [0.25, 0.3) is 0 Å². The highest BCUT2D eigenvalue weighted by Crippen LogP contribution is 2.29. The van der Waals surface area contributed by atoms with Gasteiger partial charge in [0.1, 0.15) is 0 Å². The molecule has 2 aromatic carbocycles. The number of hydrogen-bond donors (Lipinski definition) is 0. The van der Waals surface area contributed by atoms with E-state index in [0.29, 0.717) is 30.6 Å². The first-order valence-electron chi connectivity index (χ1n) is 9.23. The summed E-state index contributed by atoms with van der Waals surface area (Å²) in [6, 6.07) is 15.6. The Hall–Kier alpha value is -2.53. The molecule has 1 aliphatic carbocycles. The predicted octanol–water partition coefficient (Wildman–Crippen LogP) is 3.57. The molecule has 1 aliphatic rings. The number of nitrogens with zero attached hydrogens (tertiary/aromatic N) is 3. The van der Waals surface area contributed by atoms with Crippen LogP contribution in [0.2, 0.25) is 5.02 Å². The minimum atomic E-state index is -0.0836. The zero-order valence-electron chi connectivity index (χ0n) is 15.3. The molecule has 140 valence electrons. The van der Waals surface area contributed by atoms with E-state index < -0.39 is 0 Å². The average Bonchev–Trinajstić information content (AvgIpc) is 3.48. The third kappa shape index (κ3) is 3.65. The van der Waals surface area contributed by atoms with Crippen molar-refractivity contribution in [1.82, 2.24) is 14.0 Å². The van der Waals surface area contributed by atoms with Crippen LogP contribution < -0.4 is 5.69 Å². The molecular weight excluding hydrogens is 362 g/mol. The van der Waals surface area contributed by atoms with Crippen LogP contribution in [-0.4, -0.2) is 26.0 Å². The quantitative estimate of drug-likeness (QED) is 0.653. The summed E-state index contributed by atoms with van der Waals surface area (Å²) < 4.78 is 3.33. The maximum Gasteiger partial charge on any atom is 0.328 e. The topological polar surface area (TPSA) is 47.2 Å². The molecule has 0 N–H and O–H groups in total. The lowest BCUT2D eigenvalue weighted by Crippen LogP contribution is -2.34. The summed E-state index contributed by atoms with van der Waals surface area (Å²) >= 11 is 5.95. The van der Waals surface area contributed by atoms with Gasteiger partial charge in [0.15, 0.2) is 0 Å². The molecule has 0 radical (unpaired) electrons. The van der Waals surface area contributed by atoms with Crippen molar-refractivity contribution < 1.29 is 4.79 Å². The van der Waals surface area contributed by atoms with Gasteiger partial charge in [0, 0.05) is 37.6 Å². The Morgan fingerprint density at radius 3 is 2.44 bits per heavy atom. The van der Waals surface area contributed by atoms with Crippen LogP contribution in [0.25, 0.3) is 11.0 Å². The van der Waals surface area contributed by atoms with Crippen LogP contribution in [0.3, 0.4) is 0 Å². The monoisotopic (exact) mass is 383 g/mol. The molecule has 1 aromatic heterocycles. The first-order chi connectivity index (χ1) is 13.0. The van der Waals surface area contributed by atoms with Gasteiger partial charge in [-0.2, -0.15) is 0 Å². The van der Waals surface area contributed by atoms with Crippen molar-refractivity contribution in [2.45, 2.75) is 38.4 Å². The smallest absolute Gasteiger partial charge is 0.328 e. The molecule has 1 heterocycles. The van der Waals surface area contributed by atoms with Crippen molar-refractivity contribution >= 4 is 28.5 Å². The Kier molecular flexibility index (Phi) is 4.79. The fourth-order valence-corrected chi connectivity index (χ4v) is 3.65. The highest BCUT2D eigenvalue weighted by atomic mass is 35.5. The van der Waals surface area contributed by atoms with E-state index in [4.69, 9.17) is 11.6 Å². The van der Waals surface area contributed by atoms with E-state index in [0.717, 1.165) is 29.4 Å². The number of aromatic nitrogens is 2. The molecule has 0 aliphatic heterocycles. The SMILES string of the molecule is Cn1c(=O)n(CCC(=O)N(Cc2ccc(Cl)cc2)C2CC2)c2ccccc21. The summed E-state index contributed by atoms with van der Waals surface area (Å²) in [5, 5.41) is 0.693. The largest absolute Gasteiger partial charge is 0.335 e. The zero-order chi connectivity index (χ0) is 19.0. The highest BCUT2D eigenvalue weighted by Gasteiger charge is 2.32. The number of carbonyl (C=O) groups is 1. The number of benzene rings is 2. The van der Waals surface area contributed by atoms with Gasteiger partial charge in [-0.3, -0.25) is 13.9 Å². The van der Waals surface area contributed by atoms with Crippen LogP contribution >= 0.6 is 11.6 Å². The van der Waals surface area contributed by atoms with Crippen molar-refractivity contribution in [2.75, 3.05) is 0 Å². The van der Waals surface area contributed by atoms with E-state index in [-0.39, 0.29) is 11.6 Å². The molecule has 0 saturated heterocycles. The van der Waals surface area contributed by atoms with Crippen LogP contribution in [0.4, 0.5) is 0 Å². The molecule has 4 rings (SSSR count). The summed E-state index contributed by atoms with van der Waals surface area (Å²) in [7, 11) is 1.76. The molecule has 3 aromatic rings. The fraction of sp³-hybridized carbons (Fsp3) is 0.333. The van der Waals surface area contributed by atoms with Gasteiger partial charge in [-0.1, -0.05) is 35.9 Å². The lowest BCUT2D eigenvalue weighted by molar-refractivity contribution is -0.132. The summed E-state index contributed by atoms with van der Waals surface area (Å²) in [4.78, 5) is 27.4. The molecule has 1 fully saturated rings. The minimum Gasteiger partial charge on any atom is -0.335 e. The third-order valence-corrected chi connectivity index (χ3v) is 5.43. The summed E-state index contributed by atoms with van der Waals surface area (Å²) in [6.45, 7) is 0.980. The lowest BCUT2D eigenvalue weighted by atomic mass is 10.2. The summed E-state index contributed by atoms with van der Waals surface area (Å²) in [5.41, 5.74) is 2.74. The Morgan fingerprint density at radius 2 is 1.78 bits per heavy atom. The number of para-hydroxylation sites is 2. The van der Waals surface area contributed by atoms with E-state index in [1.807, 2.05) is 53.4 Å². The average molecular weight is 384 g/mol. The Morgan fingerprint density at radius 1 is 1.11 bits per heavy atom. The van der Waals surface area contributed by atoms with E-state index in [1.165, 1.54) is 0 Å². The Balaban J connectivity index is 1.50. The van der Waals surface area contributed by atoms with E-state index in [9.17, 15) is 9.59 Å². The van der Waals surface area contributed by atoms with Crippen molar-refractivity contribution in [1.29, 1.82) is 0 Å². The fourth-order valence-electron chi connectivity index (χ4n) is 3.52. The highest BCUT2D eigenvalue weighted by molar-refractivity contribution is 6.30. The Bertz CT molecular complexity index is 1030. The van der Waals surface area contributed by atoms with Gasteiger partial charge >= 0.3 is 5.69 Å². The second kappa shape index (κ2) is 7.24. The van der Waals surface area contributed by atoms with Crippen LogP contribution in [0, 0.1) is 0 Å². The first-order valence-corrected chi connectivity index (χ1v) is 9.60. The van der Waals surface area contributed by atoms with Gasteiger partial charge in [-0.25, -0.2) is 4.79 Å². The van der Waals surface area contributed by atoms with Gasteiger partial charge < -0.3 is 4.90 Å². The molecule has 0 atom stereocenters. The van der Waals surface area contributed by atoms with Gasteiger partial charge in [-0.05, 0) is 42.7 Å². The maximum absolute atomic E-state index is 12.9. The van der Waals surface area contributed by atoms with Crippen molar-refractivity contribution in [3.63, 3.8) is 0 Å². The van der Waals surface area contributed by atoms with Crippen molar-refractivity contribution in [3.8, 4) is 0 Å². The number of aryl methyl sites for hydroxylation is 2. The van der Waals surface area contributed by atoms with Crippen molar-refractivity contribution in [2.24, 2.45) is 7.05 Å². The molecule has 5 nitrogen and oxygen atoms in total. The summed E-state index contributed by atoms with van der Waals surface area (Å²) in [5.74, 6) is 0.0901. The van der Waals surface area contributed by atoms with Gasteiger partial charge in [0.2, 0.25) is 5.91 Å². The van der Waals surface area contributed by atoms with Crippen molar-refractivity contribution in [3.05, 3.63) is 69.6 Å². The molecule has 0 unspecified atom stereocenters. The number of hydrogen-bond acceptors (Lipinski definition) is 2. The van der Waals surface area contributed by atoms with Crippen LogP contribution in [0.15, 0.2) is 53.3 Å². The number of carbonyl (C=O) groups excluding carboxylic acids is 1. The maximum atomic E-state index is 12.9. The minimum absolute atomic E-state index is 0.0836. The van der Waals surface area contributed by atoms with E-state index >= 15 is 0 Å². The van der Waals surface area contributed by atoms with E-state index in [1.54, 1.807) is 16.2 Å². The molecule has 0 spiro atoms.